The summed E-state index contributed by atoms with van der Waals surface area (Å²) in [4.78, 5) is 11.1. The lowest BCUT2D eigenvalue weighted by Crippen LogP contribution is -2.13. The third-order valence-electron chi connectivity index (χ3n) is 2.99. The molecule has 0 fully saturated rings. The third kappa shape index (κ3) is 3.08. The van der Waals surface area contributed by atoms with Crippen LogP contribution in [0.25, 0.3) is 0 Å². The molecule has 3 nitrogen and oxygen atoms in total. The van der Waals surface area contributed by atoms with E-state index in [0.29, 0.717) is 5.02 Å². The van der Waals surface area contributed by atoms with E-state index in [0.717, 1.165) is 5.56 Å². The fourth-order valence-electron chi connectivity index (χ4n) is 1.93. The number of anilines is 1. The van der Waals surface area contributed by atoms with E-state index in [1.54, 1.807) is 6.07 Å². The molecular weight excluding hydrogens is 279 g/mol. The average Bonchev–Trinajstić information content (AvgIpc) is 2.41. The molecule has 104 valence electrons. The summed E-state index contributed by atoms with van der Waals surface area (Å²) in [5.74, 6) is -1.05. The first kappa shape index (κ1) is 14.3. The van der Waals surface area contributed by atoms with E-state index in [2.05, 4.69) is 5.32 Å². The highest BCUT2D eigenvalue weighted by Crippen LogP contribution is 2.27. The Balaban J connectivity index is 2.28. The number of nitrogens with one attached hydrogen (secondary N) is 1. The van der Waals surface area contributed by atoms with Crippen molar-refractivity contribution in [3.8, 4) is 0 Å². The Morgan fingerprint density at radius 1 is 1.30 bits per heavy atom. The molecule has 20 heavy (non-hydrogen) atoms. The second kappa shape index (κ2) is 5.92. The van der Waals surface area contributed by atoms with Crippen molar-refractivity contribution >= 4 is 23.2 Å². The van der Waals surface area contributed by atoms with E-state index in [1.807, 2.05) is 25.1 Å². The molecule has 0 heterocycles. The summed E-state index contributed by atoms with van der Waals surface area (Å²) in [5.41, 5.74) is 6.50. The number of primary amides is 1. The molecule has 2 aromatic rings. The van der Waals surface area contributed by atoms with Gasteiger partial charge in [0.25, 0.3) is 0 Å². The number of nitrogens with two attached hydrogens (primary N) is 1. The highest BCUT2D eigenvalue weighted by molar-refractivity contribution is 6.31. The van der Waals surface area contributed by atoms with Crippen molar-refractivity contribution in [1.29, 1.82) is 0 Å². The zero-order valence-electron chi connectivity index (χ0n) is 10.9. The first-order chi connectivity index (χ1) is 9.49. The predicted octanol–water partition coefficient (Wildman–Crippen LogP) is 3.75. The third-order valence-corrected chi connectivity index (χ3v) is 3.34. The van der Waals surface area contributed by atoms with Gasteiger partial charge in [-0.1, -0.05) is 29.8 Å². The average molecular weight is 293 g/mol. The maximum Gasteiger partial charge on any atom is 0.248 e. The molecule has 0 aliphatic heterocycles. The normalized spacial score (nSPS) is 11.9. The van der Waals surface area contributed by atoms with Gasteiger partial charge < -0.3 is 11.1 Å². The van der Waals surface area contributed by atoms with E-state index >= 15 is 0 Å². The summed E-state index contributed by atoms with van der Waals surface area (Å²) in [7, 11) is 0. The van der Waals surface area contributed by atoms with Crippen LogP contribution in [0.15, 0.2) is 42.5 Å². The van der Waals surface area contributed by atoms with E-state index in [-0.39, 0.29) is 17.3 Å². The number of carbonyl (C=O) groups excluding carboxylic acids is 1. The lowest BCUT2D eigenvalue weighted by Gasteiger charge is -2.17. The van der Waals surface area contributed by atoms with E-state index < -0.39 is 11.7 Å². The van der Waals surface area contributed by atoms with Crippen LogP contribution in [0.4, 0.5) is 10.1 Å². The van der Waals surface area contributed by atoms with E-state index in [9.17, 15) is 9.18 Å². The molecule has 2 aromatic carbocycles. The maximum atomic E-state index is 13.8. The zero-order valence-corrected chi connectivity index (χ0v) is 11.6. The van der Waals surface area contributed by atoms with Crippen molar-refractivity contribution < 1.29 is 9.18 Å². The van der Waals surface area contributed by atoms with Crippen LogP contribution >= 0.6 is 11.6 Å². The highest BCUT2D eigenvalue weighted by Gasteiger charge is 2.12. The van der Waals surface area contributed by atoms with Crippen LogP contribution in [-0.4, -0.2) is 5.91 Å². The summed E-state index contributed by atoms with van der Waals surface area (Å²) < 4.78 is 13.8. The Labute approximate surface area is 121 Å². The minimum Gasteiger partial charge on any atom is -0.376 e. The monoisotopic (exact) mass is 292 g/mol. The minimum atomic E-state index is -0.599. The molecule has 1 unspecified atom stereocenters. The maximum absolute atomic E-state index is 13.8. The molecule has 0 radical (unpaired) electrons. The fourth-order valence-corrected chi connectivity index (χ4v) is 2.23. The van der Waals surface area contributed by atoms with Crippen molar-refractivity contribution in [2.45, 2.75) is 13.0 Å². The van der Waals surface area contributed by atoms with Crippen LogP contribution in [0.3, 0.4) is 0 Å². The summed E-state index contributed by atoms with van der Waals surface area (Å²) in [6.07, 6.45) is 0. The van der Waals surface area contributed by atoms with Gasteiger partial charge in [-0.05, 0) is 36.8 Å². The van der Waals surface area contributed by atoms with Crippen molar-refractivity contribution in [2.24, 2.45) is 5.73 Å². The molecule has 0 saturated carbocycles. The molecule has 0 saturated heterocycles. The van der Waals surface area contributed by atoms with Gasteiger partial charge in [-0.25, -0.2) is 4.39 Å². The Morgan fingerprint density at radius 3 is 2.65 bits per heavy atom. The topological polar surface area (TPSA) is 55.1 Å². The van der Waals surface area contributed by atoms with Gasteiger partial charge in [0.2, 0.25) is 5.91 Å². The van der Waals surface area contributed by atoms with Crippen molar-refractivity contribution in [1.82, 2.24) is 0 Å². The molecule has 0 aliphatic carbocycles. The molecule has 1 amide bonds. The number of benzene rings is 2. The van der Waals surface area contributed by atoms with Crippen LogP contribution in [-0.2, 0) is 0 Å². The van der Waals surface area contributed by atoms with Crippen LogP contribution in [0.5, 0.6) is 0 Å². The number of hydrogen-bond donors (Lipinski definition) is 2. The molecule has 0 bridgehead atoms. The Hall–Kier alpha value is -2.07. The number of carbonyl (C=O) groups is 1. The van der Waals surface area contributed by atoms with Gasteiger partial charge in [-0.3, -0.25) is 4.79 Å². The zero-order chi connectivity index (χ0) is 14.7. The molecule has 0 aromatic heterocycles. The van der Waals surface area contributed by atoms with Gasteiger partial charge in [-0.15, -0.1) is 0 Å². The van der Waals surface area contributed by atoms with Crippen molar-refractivity contribution in [3.05, 3.63) is 64.4 Å². The van der Waals surface area contributed by atoms with Gasteiger partial charge in [0.05, 0.1) is 11.7 Å². The van der Waals surface area contributed by atoms with Gasteiger partial charge >= 0.3 is 0 Å². The van der Waals surface area contributed by atoms with E-state index in [1.165, 1.54) is 18.2 Å². The standard InChI is InChI=1S/C15H14ClFN2O/c1-9(11-4-2-3-5-12(11)16)19-14-8-10(15(18)20)6-7-13(14)17/h2-9,19H,1H3,(H2,18,20). The highest BCUT2D eigenvalue weighted by atomic mass is 35.5. The Kier molecular flexibility index (Phi) is 4.25. The lowest BCUT2D eigenvalue weighted by molar-refractivity contribution is 0.100. The summed E-state index contributed by atoms with van der Waals surface area (Å²) >= 11 is 6.10. The SMILES string of the molecule is CC(Nc1cc(C(N)=O)ccc1F)c1ccccc1Cl. The largest absolute Gasteiger partial charge is 0.376 e. The molecule has 5 heteroatoms. The Bertz CT molecular complexity index is 646. The van der Waals surface area contributed by atoms with Crippen LogP contribution in [0.1, 0.15) is 28.9 Å². The first-order valence-electron chi connectivity index (χ1n) is 6.09. The van der Waals surface area contributed by atoms with Crippen molar-refractivity contribution in [3.63, 3.8) is 0 Å². The van der Waals surface area contributed by atoms with E-state index in [4.69, 9.17) is 17.3 Å². The quantitative estimate of drug-likeness (QED) is 0.901. The van der Waals surface area contributed by atoms with Crippen LogP contribution in [0, 0.1) is 5.82 Å². The summed E-state index contributed by atoms with van der Waals surface area (Å²) in [6.45, 7) is 1.86. The second-order valence-corrected chi connectivity index (χ2v) is 4.85. The number of halogens is 2. The van der Waals surface area contributed by atoms with Crippen molar-refractivity contribution in [2.75, 3.05) is 5.32 Å². The van der Waals surface area contributed by atoms with Crippen LogP contribution in [0.2, 0.25) is 5.02 Å². The molecule has 3 N–H and O–H groups in total. The number of rotatable bonds is 4. The van der Waals surface area contributed by atoms with Gasteiger partial charge in [0.15, 0.2) is 0 Å². The molecule has 0 spiro atoms. The van der Waals surface area contributed by atoms with Gasteiger partial charge in [0.1, 0.15) is 5.82 Å². The first-order valence-corrected chi connectivity index (χ1v) is 6.47. The summed E-state index contributed by atoms with van der Waals surface area (Å²) in [5, 5.41) is 3.59. The molecule has 2 rings (SSSR count). The Morgan fingerprint density at radius 2 is 2.00 bits per heavy atom. The van der Waals surface area contributed by atoms with Crippen LogP contribution < -0.4 is 11.1 Å². The smallest absolute Gasteiger partial charge is 0.248 e. The predicted molar refractivity (Wildman–Crippen MR) is 78.4 cm³/mol. The van der Waals surface area contributed by atoms with Gasteiger partial charge in [-0.2, -0.15) is 0 Å². The minimum absolute atomic E-state index is 0.207. The fraction of sp³-hybridized carbons (Fsp3) is 0.133. The lowest BCUT2D eigenvalue weighted by atomic mass is 10.1. The number of amides is 1. The second-order valence-electron chi connectivity index (χ2n) is 4.45. The number of hydrogen-bond acceptors (Lipinski definition) is 2. The molecule has 1 atom stereocenters. The molecular formula is C15H14ClFN2O. The van der Waals surface area contributed by atoms with Gasteiger partial charge in [0, 0.05) is 10.6 Å². The molecule has 0 aliphatic rings. The summed E-state index contributed by atoms with van der Waals surface area (Å²) in [6, 6.07) is 11.1.